The van der Waals surface area contributed by atoms with E-state index in [0.717, 1.165) is 16.7 Å². The van der Waals surface area contributed by atoms with E-state index in [-0.39, 0.29) is 25.1 Å². The summed E-state index contributed by atoms with van der Waals surface area (Å²) in [4.78, 5) is 28.2. The molecule has 0 bridgehead atoms. The Kier molecular flexibility index (Phi) is 9.01. The number of ether oxygens (including phenoxy) is 1. The largest absolute Gasteiger partial charge is 0.484 e. The Labute approximate surface area is 206 Å². The zero-order chi connectivity index (χ0) is 25.4. The molecule has 35 heavy (non-hydrogen) atoms. The Morgan fingerprint density at radius 3 is 2.29 bits per heavy atom. The van der Waals surface area contributed by atoms with E-state index in [1.54, 1.807) is 18.2 Å². The Morgan fingerprint density at radius 2 is 1.63 bits per heavy atom. The summed E-state index contributed by atoms with van der Waals surface area (Å²) in [6.07, 6.45) is 0.295. The highest BCUT2D eigenvalue weighted by atomic mass is 19.1. The first-order chi connectivity index (χ1) is 16.7. The highest BCUT2D eigenvalue weighted by Crippen LogP contribution is 2.19. The van der Waals surface area contributed by atoms with Gasteiger partial charge in [-0.05, 0) is 62.6 Å². The zero-order valence-electron chi connectivity index (χ0n) is 20.8. The molecule has 0 heterocycles. The molecular formula is C29H33FN2O3. The highest BCUT2D eigenvalue weighted by molar-refractivity contribution is 5.88. The van der Waals surface area contributed by atoms with E-state index in [0.29, 0.717) is 17.7 Å². The van der Waals surface area contributed by atoms with Crippen LogP contribution in [0, 0.1) is 19.7 Å². The zero-order valence-corrected chi connectivity index (χ0v) is 20.8. The molecule has 3 aromatic rings. The maximum absolute atomic E-state index is 14.6. The summed E-state index contributed by atoms with van der Waals surface area (Å²) in [6.45, 7) is 7.39. The van der Waals surface area contributed by atoms with Gasteiger partial charge in [0.2, 0.25) is 5.91 Å². The number of hydrogen-bond donors (Lipinski definition) is 1. The van der Waals surface area contributed by atoms with E-state index in [2.05, 4.69) is 5.32 Å². The van der Waals surface area contributed by atoms with Gasteiger partial charge in [-0.15, -0.1) is 0 Å². The van der Waals surface area contributed by atoms with E-state index in [1.807, 2.05) is 76.2 Å². The first kappa shape index (κ1) is 25.9. The van der Waals surface area contributed by atoms with Gasteiger partial charge in [-0.1, -0.05) is 54.6 Å². The van der Waals surface area contributed by atoms with Crippen LogP contribution < -0.4 is 10.1 Å². The number of nitrogens with one attached hydrogen (secondary N) is 1. The first-order valence-electron chi connectivity index (χ1n) is 11.8. The van der Waals surface area contributed by atoms with Gasteiger partial charge < -0.3 is 15.0 Å². The molecule has 0 spiro atoms. The molecule has 0 fully saturated rings. The van der Waals surface area contributed by atoms with Crippen LogP contribution in [0.15, 0.2) is 72.8 Å². The van der Waals surface area contributed by atoms with Gasteiger partial charge in [0, 0.05) is 24.6 Å². The molecule has 2 amide bonds. The second-order valence-electron chi connectivity index (χ2n) is 9.02. The number of aryl methyl sites for hydroxylation is 2. The molecule has 0 saturated carbocycles. The molecule has 0 aliphatic rings. The van der Waals surface area contributed by atoms with E-state index >= 15 is 0 Å². The van der Waals surface area contributed by atoms with Crippen molar-refractivity contribution in [1.82, 2.24) is 10.2 Å². The molecule has 0 aliphatic heterocycles. The molecule has 184 valence electrons. The third-order valence-corrected chi connectivity index (χ3v) is 5.84. The number of benzene rings is 3. The Hall–Kier alpha value is -3.67. The van der Waals surface area contributed by atoms with Crippen LogP contribution in [0.5, 0.6) is 5.75 Å². The molecule has 3 rings (SSSR count). The first-order valence-corrected chi connectivity index (χ1v) is 11.8. The number of hydrogen-bond acceptors (Lipinski definition) is 3. The monoisotopic (exact) mass is 476 g/mol. The van der Waals surface area contributed by atoms with Crippen molar-refractivity contribution in [3.05, 3.63) is 101 Å². The fraction of sp³-hybridized carbons (Fsp3) is 0.310. The molecule has 5 nitrogen and oxygen atoms in total. The second-order valence-corrected chi connectivity index (χ2v) is 9.02. The topological polar surface area (TPSA) is 58.6 Å². The van der Waals surface area contributed by atoms with Crippen molar-refractivity contribution in [2.24, 2.45) is 0 Å². The van der Waals surface area contributed by atoms with Crippen molar-refractivity contribution in [1.29, 1.82) is 0 Å². The number of carbonyl (C=O) groups excluding carboxylic acids is 2. The van der Waals surface area contributed by atoms with Crippen molar-refractivity contribution >= 4 is 11.8 Å². The van der Waals surface area contributed by atoms with E-state index in [1.165, 1.54) is 11.0 Å². The number of carbonyl (C=O) groups is 2. The van der Waals surface area contributed by atoms with Crippen LogP contribution in [-0.4, -0.2) is 35.4 Å². The van der Waals surface area contributed by atoms with Crippen molar-refractivity contribution in [3.63, 3.8) is 0 Å². The summed E-state index contributed by atoms with van der Waals surface area (Å²) in [5.74, 6) is -0.548. The molecule has 3 aromatic carbocycles. The van der Waals surface area contributed by atoms with Crippen LogP contribution in [-0.2, 0) is 22.6 Å². The average Bonchev–Trinajstić information content (AvgIpc) is 2.83. The standard InChI is InChI=1S/C29H33FN2O3/c1-20(2)31-29(34)27(17-23-10-6-5-7-11-23)32(18-24-12-8-9-13-26(24)30)28(33)19-35-25-15-14-21(3)22(4)16-25/h5-16,20,27H,17-19H2,1-4H3,(H,31,34)/t27-/m0/s1. The third-order valence-electron chi connectivity index (χ3n) is 5.84. The lowest BCUT2D eigenvalue weighted by molar-refractivity contribution is -0.143. The van der Waals surface area contributed by atoms with Crippen molar-refractivity contribution in [2.75, 3.05) is 6.61 Å². The summed E-state index contributed by atoms with van der Waals surface area (Å²) in [6, 6.07) is 20.4. The molecule has 0 radical (unpaired) electrons. The maximum atomic E-state index is 14.6. The third kappa shape index (κ3) is 7.41. The Balaban J connectivity index is 1.92. The van der Waals surface area contributed by atoms with E-state index in [9.17, 15) is 14.0 Å². The quantitative estimate of drug-likeness (QED) is 0.449. The van der Waals surface area contributed by atoms with Crippen molar-refractivity contribution < 1.29 is 18.7 Å². The highest BCUT2D eigenvalue weighted by Gasteiger charge is 2.31. The lowest BCUT2D eigenvalue weighted by atomic mass is 10.0. The van der Waals surface area contributed by atoms with Crippen LogP contribution in [0.3, 0.4) is 0 Å². The normalized spacial score (nSPS) is 11.7. The number of halogens is 1. The summed E-state index contributed by atoms with van der Waals surface area (Å²) >= 11 is 0. The minimum absolute atomic E-state index is 0.0508. The van der Waals surface area contributed by atoms with Gasteiger partial charge in [-0.25, -0.2) is 4.39 Å². The minimum Gasteiger partial charge on any atom is -0.484 e. The van der Waals surface area contributed by atoms with Gasteiger partial charge in [0.15, 0.2) is 6.61 Å². The number of amides is 2. The maximum Gasteiger partial charge on any atom is 0.261 e. The molecule has 0 aromatic heterocycles. The fourth-order valence-corrected chi connectivity index (χ4v) is 3.78. The van der Waals surface area contributed by atoms with Gasteiger partial charge >= 0.3 is 0 Å². The van der Waals surface area contributed by atoms with Crippen LogP contribution in [0.1, 0.15) is 36.1 Å². The summed E-state index contributed by atoms with van der Waals surface area (Å²) < 4.78 is 20.4. The van der Waals surface area contributed by atoms with Crippen molar-refractivity contribution in [2.45, 2.75) is 52.7 Å². The molecule has 0 aliphatic carbocycles. The van der Waals surface area contributed by atoms with Crippen LogP contribution in [0.2, 0.25) is 0 Å². The number of nitrogens with zero attached hydrogens (tertiary/aromatic N) is 1. The van der Waals surface area contributed by atoms with Crippen LogP contribution >= 0.6 is 0 Å². The molecule has 1 atom stereocenters. The molecule has 6 heteroatoms. The van der Waals surface area contributed by atoms with E-state index < -0.39 is 17.8 Å². The molecule has 1 N–H and O–H groups in total. The van der Waals surface area contributed by atoms with Crippen molar-refractivity contribution in [3.8, 4) is 5.75 Å². The average molecular weight is 477 g/mol. The molecular weight excluding hydrogens is 443 g/mol. The fourth-order valence-electron chi connectivity index (χ4n) is 3.78. The number of rotatable bonds is 10. The van der Waals surface area contributed by atoms with Gasteiger partial charge in [0.1, 0.15) is 17.6 Å². The van der Waals surface area contributed by atoms with Gasteiger partial charge in [-0.3, -0.25) is 9.59 Å². The summed E-state index contributed by atoms with van der Waals surface area (Å²) in [7, 11) is 0. The molecule has 0 saturated heterocycles. The SMILES string of the molecule is Cc1ccc(OCC(=O)N(Cc2ccccc2F)[C@@H](Cc2ccccc2)C(=O)NC(C)C)cc1C. The van der Waals surface area contributed by atoms with E-state index in [4.69, 9.17) is 4.74 Å². The minimum atomic E-state index is -0.838. The smallest absolute Gasteiger partial charge is 0.261 e. The van der Waals surface area contributed by atoms with Crippen LogP contribution in [0.25, 0.3) is 0 Å². The van der Waals surface area contributed by atoms with Gasteiger partial charge in [0.05, 0.1) is 0 Å². The summed E-state index contributed by atoms with van der Waals surface area (Å²) in [5.41, 5.74) is 3.41. The van der Waals surface area contributed by atoms with Gasteiger partial charge in [0.25, 0.3) is 5.91 Å². The lowest BCUT2D eigenvalue weighted by Gasteiger charge is -2.32. The Morgan fingerprint density at radius 1 is 0.943 bits per heavy atom. The predicted octanol–water partition coefficient (Wildman–Crippen LogP) is 4.99. The predicted molar refractivity (Wildman–Crippen MR) is 136 cm³/mol. The second kappa shape index (κ2) is 12.2. The van der Waals surface area contributed by atoms with Gasteiger partial charge in [-0.2, -0.15) is 0 Å². The lowest BCUT2D eigenvalue weighted by Crippen LogP contribution is -2.53. The summed E-state index contributed by atoms with van der Waals surface area (Å²) in [5, 5.41) is 2.92. The molecule has 0 unspecified atom stereocenters. The van der Waals surface area contributed by atoms with Crippen LogP contribution in [0.4, 0.5) is 4.39 Å². The Bertz CT molecular complexity index is 1150.